The predicted octanol–water partition coefficient (Wildman–Crippen LogP) is 1.45. The maximum Gasteiger partial charge on any atom is 0.421 e. The molecular formula is C16H19N3O3. The average molecular weight is 301 g/mol. The highest BCUT2D eigenvalue weighted by molar-refractivity contribution is 6.63. The standard InChI is InChI=1S/C16H19N3O3/c1-11(20)14(18-17)15(21)19-13(10-22-16(19,2)3)9-12-7-5-4-6-8-12/h4-8,13H,9-10H2,1-3H3/t13-/m0/s1. The Morgan fingerprint density at radius 1 is 1.36 bits per heavy atom. The van der Waals surface area contributed by atoms with E-state index in [0.29, 0.717) is 13.0 Å². The van der Waals surface area contributed by atoms with Gasteiger partial charge in [-0.3, -0.25) is 14.5 Å². The predicted molar refractivity (Wildman–Crippen MR) is 80.1 cm³/mol. The Labute approximate surface area is 129 Å². The van der Waals surface area contributed by atoms with Crippen LogP contribution < -0.4 is 0 Å². The molecule has 116 valence electrons. The van der Waals surface area contributed by atoms with Crippen molar-refractivity contribution in [3.8, 4) is 0 Å². The van der Waals surface area contributed by atoms with E-state index in [1.54, 1.807) is 13.8 Å². The third-order valence-electron chi connectivity index (χ3n) is 3.74. The first-order chi connectivity index (χ1) is 10.4. The quantitative estimate of drug-likeness (QED) is 0.365. The van der Waals surface area contributed by atoms with Crippen molar-refractivity contribution < 1.29 is 19.1 Å². The maximum atomic E-state index is 12.6. The van der Waals surface area contributed by atoms with Crippen LogP contribution in [0.5, 0.6) is 0 Å². The first kappa shape index (κ1) is 16.1. The average Bonchev–Trinajstić information content (AvgIpc) is 2.75. The van der Waals surface area contributed by atoms with Crippen LogP contribution in [0.3, 0.4) is 0 Å². The Balaban J connectivity index is 2.29. The number of Topliss-reactive ketones (excluding diaryl/α,β-unsaturated/α-hetero) is 1. The summed E-state index contributed by atoms with van der Waals surface area (Å²) in [6.07, 6.45) is 0.604. The lowest BCUT2D eigenvalue weighted by Crippen LogP contribution is -2.52. The summed E-state index contributed by atoms with van der Waals surface area (Å²) in [6.45, 7) is 5.07. The topological polar surface area (TPSA) is 83.0 Å². The van der Waals surface area contributed by atoms with E-state index in [2.05, 4.69) is 4.79 Å². The largest absolute Gasteiger partial charge is 0.421 e. The van der Waals surface area contributed by atoms with E-state index in [1.807, 2.05) is 30.3 Å². The van der Waals surface area contributed by atoms with E-state index < -0.39 is 23.1 Å². The van der Waals surface area contributed by atoms with Crippen molar-refractivity contribution in [3.63, 3.8) is 0 Å². The van der Waals surface area contributed by atoms with Crippen LogP contribution in [0.2, 0.25) is 0 Å². The van der Waals surface area contributed by atoms with Crippen LogP contribution in [-0.2, 0) is 20.7 Å². The van der Waals surface area contributed by atoms with Gasteiger partial charge in [0, 0.05) is 6.92 Å². The summed E-state index contributed by atoms with van der Waals surface area (Å²) >= 11 is 0. The molecule has 6 heteroatoms. The Hall–Kier alpha value is -2.30. The molecule has 1 aromatic rings. The number of benzene rings is 1. The summed E-state index contributed by atoms with van der Waals surface area (Å²) in [5.41, 5.74) is 8.68. The SMILES string of the molecule is CC(=O)C(=[N+]=[N-])C(=O)N1[C@@H](Cc2ccccc2)COC1(C)C. The Kier molecular flexibility index (Phi) is 4.54. The lowest BCUT2D eigenvalue weighted by atomic mass is 10.0. The molecule has 22 heavy (non-hydrogen) atoms. The van der Waals surface area contributed by atoms with Gasteiger partial charge in [0.25, 0.3) is 0 Å². The minimum Gasteiger partial charge on any atom is -0.360 e. The molecule has 1 aliphatic heterocycles. The number of carbonyl (C=O) groups is 2. The van der Waals surface area contributed by atoms with E-state index in [-0.39, 0.29) is 6.04 Å². The van der Waals surface area contributed by atoms with E-state index >= 15 is 0 Å². The summed E-state index contributed by atoms with van der Waals surface area (Å²) in [7, 11) is 0. The van der Waals surface area contributed by atoms with Crippen LogP contribution in [0.4, 0.5) is 0 Å². The van der Waals surface area contributed by atoms with Crippen molar-refractivity contribution >= 4 is 17.4 Å². The Morgan fingerprint density at radius 2 is 2.00 bits per heavy atom. The van der Waals surface area contributed by atoms with Gasteiger partial charge in [-0.05, 0) is 25.8 Å². The first-order valence-electron chi connectivity index (χ1n) is 7.11. The van der Waals surface area contributed by atoms with Crippen molar-refractivity contribution in [2.24, 2.45) is 0 Å². The van der Waals surface area contributed by atoms with Crippen molar-refractivity contribution in [1.29, 1.82) is 0 Å². The monoisotopic (exact) mass is 301 g/mol. The molecule has 1 amide bonds. The Morgan fingerprint density at radius 3 is 2.55 bits per heavy atom. The maximum absolute atomic E-state index is 12.6. The van der Waals surface area contributed by atoms with Gasteiger partial charge in [-0.1, -0.05) is 30.3 Å². The molecule has 1 fully saturated rings. The fourth-order valence-electron chi connectivity index (χ4n) is 2.71. The van der Waals surface area contributed by atoms with Gasteiger partial charge in [-0.25, -0.2) is 0 Å². The van der Waals surface area contributed by atoms with Gasteiger partial charge in [0.15, 0.2) is 0 Å². The second kappa shape index (κ2) is 6.22. The normalized spacial score (nSPS) is 19.6. The summed E-state index contributed by atoms with van der Waals surface area (Å²) in [5.74, 6) is -1.19. The number of nitrogens with zero attached hydrogens (tertiary/aromatic N) is 3. The molecule has 0 bridgehead atoms. The van der Waals surface area contributed by atoms with Crippen molar-refractivity contribution in [2.75, 3.05) is 6.61 Å². The van der Waals surface area contributed by atoms with Crippen molar-refractivity contribution in [1.82, 2.24) is 4.90 Å². The second-order valence-corrected chi connectivity index (χ2v) is 5.78. The second-order valence-electron chi connectivity index (χ2n) is 5.78. The Bertz CT molecular complexity index is 633. The summed E-state index contributed by atoms with van der Waals surface area (Å²) in [6, 6.07) is 9.51. The van der Waals surface area contributed by atoms with Crippen molar-refractivity contribution in [3.05, 3.63) is 41.4 Å². The highest BCUT2D eigenvalue weighted by Gasteiger charge is 2.48. The molecule has 1 aliphatic rings. The molecule has 2 rings (SSSR count). The summed E-state index contributed by atoms with van der Waals surface area (Å²) < 4.78 is 5.69. The molecule has 0 radical (unpaired) electrons. The van der Waals surface area contributed by atoms with Gasteiger partial charge < -0.3 is 10.3 Å². The minimum absolute atomic E-state index is 0.221. The molecule has 0 aromatic heterocycles. The molecule has 1 heterocycles. The third kappa shape index (κ3) is 3.13. The minimum atomic E-state index is -0.859. The highest BCUT2D eigenvalue weighted by Crippen LogP contribution is 2.29. The van der Waals surface area contributed by atoms with Crippen LogP contribution in [0.1, 0.15) is 26.3 Å². The van der Waals surface area contributed by atoms with E-state index in [9.17, 15) is 9.59 Å². The number of hydrogen-bond acceptors (Lipinski definition) is 3. The summed E-state index contributed by atoms with van der Waals surface area (Å²) in [5, 5.41) is 0. The third-order valence-corrected chi connectivity index (χ3v) is 3.74. The van der Waals surface area contributed by atoms with E-state index in [4.69, 9.17) is 10.3 Å². The molecule has 0 unspecified atom stereocenters. The molecule has 0 aliphatic carbocycles. The van der Waals surface area contributed by atoms with Gasteiger partial charge in [0.05, 0.1) is 12.6 Å². The molecule has 1 atom stereocenters. The van der Waals surface area contributed by atoms with E-state index in [1.165, 1.54) is 11.8 Å². The highest BCUT2D eigenvalue weighted by atomic mass is 16.5. The van der Waals surface area contributed by atoms with Crippen LogP contribution in [0, 0.1) is 0 Å². The summed E-state index contributed by atoms with van der Waals surface area (Å²) in [4.78, 5) is 28.4. The molecule has 0 spiro atoms. The van der Waals surface area contributed by atoms with Gasteiger partial charge in [-0.15, -0.1) is 0 Å². The lowest BCUT2D eigenvalue weighted by Gasteiger charge is -2.32. The zero-order valence-electron chi connectivity index (χ0n) is 12.9. The number of ketones is 1. The van der Waals surface area contributed by atoms with Gasteiger partial charge in [0.2, 0.25) is 5.78 Å². The number of hydrogen-bond donors (Lipinski definition) is 0. The fraction of sp³-hybridized carbons (Fsp3) is 0.438. The molecule has 1 aromatic carbocycles. The van der Waals surface area contributed by atoms with Gasteiger partial charge in [0.1, 0.15) is 5.72 Å². The number of amides is 1. The van der Waals surface area contributed by atoms with Gasteiger partial charge in [-0.2, -0.15) is 4.79 Å². The molecule has 0 N–H and O–H groups in total. The fourth-order valence-corrected chi connectivity index (χ4v) is 2.71. The molecular weight excluding hydrogens is 282 g/mol. The van der Waals surface area contributed by atoms with Crippen LogP contribution in [-0.4, -0.2) is 45.5 Å². The van der Waals surface area contributed by atoms with E-state index in [0.717, 1.165) is 5.56 Å². The number of carbonyl (C=O) groups excluding carboxylic acids is 2. The number of rotatable bonds is 4. The molecule has 1 saturated heterocycles. The zero-order valence-corrected chi connectivity index (χ0v) is 12.9. The first-order valence-corrected chi connectivity index (χ1v) is 7.11. The van der Waals surface area contributed by atoms with Crippen molar-refractivity contribution in [2.45, 2.75) is 39.0 Å². The van der Waals surface area contributed by atoms with Crippen LogP contribution >= 0.6 is 0 Å². The smallest absolute Gasteiger partial charge is 0.360 e. The molecule has 0 saturated carbocycles. The zero-order chi connectivity index (χ0) is 16.3. The van der Waals surface area contributed by atoms with Crippen LogP contribution in [0.25, 0.3) is 5.53 Å². The van der Waals surface area contributed by atoms with Crippen LogP contribution in [0.15, 0.2) is 30.3 Å². The van der Waals surface area contributed by atoms with Gasteiger partial charge >= 0.3 is 11.6 Å². The number of ether oxygens (including phenoxy) is 1. The molecule has 6 nitrogen and oxygen atoms in total. The lowest BCUT2D eigenvalue weighted by molar-refractivity contribution is -0.144.